The number of rotatable bonds is 2. The third-order valence-electron chi connectivity index (χ3n) is 2.25. The van der Waals surface area contributed by atoms with Crippen molar-refractivity contribution in [2.75, 3.05) is 0 Å². The van der Waals surface area contributed by atoms with E-state index < -0.39 is 15.6 Å². The van der Waals surface area contributed by atoms with Crippen LogP contribution in [0.4, 0.5) is 13.2 Å². The third-order valence-corrected chi connectivity index (χ3v) is 3.25. The van der Waals surface area contributed by atoms with Gasteiger partial charge in [0.15, 0.2) is 0 Å². The highest BCUT2D eigenvalue weighted by Gasteiger charge is 2.48. The zero-order chi connectivity index (χ0) is 12.2. The topological polar surface area (TPSA) is 43.4 Å². The van der Waals surface area contributed by atoms with E-state index in [-0.39, 0.29) is 12.2 Å². The molecule has 0 atom stereocenters. The van der Waals surface area contributed by atoms with E-state index in [2.05, 4.69) is 4.18 Å². The lowest BCUT2D eigenvalue weighted by molar-refractivity contribution is -0.0523. The standard InChI is InChI=1S/C9H13F3O3S/c10-9(11,12)16(13,14)15-8-6-4-2-1-3-5-7-8/h6H,1-5,7H2/b8-6-. The van der Waals surface area contributed by atoms with Gasteiger partial charge in [-0.15, -0.1) is 0 Å². The van der Waals surface area contributed by atoms with Crippen molar-refractivity contribution < 1.29 is 25.8 Å². The molecule has 0 heterocycles. The van der Waals surface area contributed by atoms with Gasteiger partial charge in [-0.25, -0.2) is 0 Å². The minimum Gasteiger partial charge on any atom is -0.381 e. The quantitative estimate of drug-likeness (QED) is 0.564. The van der Waals surface area contributed by atoms with Crippen LogP contribution in [0.15, 0.2) is 11.8 Å². The fraction of sp³-hybridized carbons (Fsp3) is 0.778. The van der Waals surface area contributed by atoms with Crippen LogP contribution in [0.1, 0.15) is 38.5 Å². The van der Waals surface area contributed by atoms with Crippen LogP contribution in [0.25, 0.3) is 0 Å². The Morgan fingerprint density at radius 2 is 1.75 bits per heavy atom. The first-order chi connectivity index (χ1) is 7.33. The molecule has 0 aromatic rings. The van der Waals surface area contributed by atoms with Crippen LogP contribution in [-0.2, 0) is 14.3 Å². The Hall–Kier alpha value is -0.720. The first kappa shape index (κ1) is 13.3. The van der Waals surface area contributed by atoms with E-state index in [0.29, 0.717) is 12.8 Å². The molecule has 1 rings (SSSR count). The molecule has 0 fully saturated rings. The fourth-order valence-corrected chi connectivity index (χ4v) is 1.95. The van der Waals surface area contributed by atoms with Gasteiger partial charge in [-0.3, -0.25) is 0 Å². The van der Waals surface area contributed by atoms with Crippen molar-refractivity contribution in [2.24, 2.45) is 0 Å². The lowest BCUT2D eigenvalue weighted by atomic mass is 10.1. The highest BCUT2D eigenvalue weighted by atomic mass is 32.2. The maximum absolute atomic E-state index is 12.0. The molecule has 0 spiro atoms. The van der Waals surface area contributed by atoms with Gasteiger partial charge in [0.1, 0.15) is 5.76 Å². The second-order valence-corrected chi connectivity index (χ2v) is 5.14. The first-order valence-corrected chi connectivity index (χ1v) is 6.43. The van der Waals surface area contributed by atoms with E-state index in [1.165, 1.54) is 6.08 Å². The lowest BCUT2D eigenvalue weighted by Gasteiger charge is -2.14. The van der Waals surface area contributed by atoms with Crippen LogP contribution in [0.3, 0.4) is 0 Å². The fourth-order valence-electron chi connectivity index (χ4n) is 1.43. The Morgan fingerprint density at radius 1 is 1.12 bits per heavy atom. The van der Waals surface area contributed by atoms with Crippen molar-refractivity contribution in [3.63, 3.8) is 0 Å². The van der Waals surface area contributed by atoms with E-state index in [1.54, 1.807) is 0 Å². The van der Waals surface area contributed by atoms with Crippen LogP contribution >= 0.6 is 0 Å². The number of alkyl halides is 3. The Balaban J connectivity index is 2.72. The molecule has 0 amide bonds. The summed E-state index contributed by atoms with van der Waals surface area (Å²) in [7, 11) is -5.49. The van der Waals surface area contributed by atoms with Crippen molar-refractivity contribution in [1.29, 1.82) is 0 Å². The summed E-state index contributed by atoms with van der Waals surface area (Å²) in [5, 5.41) is 0. The van der Waals surface area contributed by atoms with Gasteiger partial charge in [-0.05, 0) is 25.3 Å². The molecule has 94 valence electrons. The molecule has 0 aromatic heterocycles. The Bertz CT molecular complexity index is 357. The van der Waals surface area contributed by atoms with Crippen molar-refractivity contribution >= 4 is 10.1 Å². The summed E-state index contributed by atoms with van der Waals surface area (Å²) in [6, 6.07) is 0. The molecule has 1 aliphatic rings. The summed E-state index contributed by atoms with van der Waals surface area (Å²) in [5.74, 6) is -0.0861. The van der Waals surface area contributed by atoms with Crippen LogP contribution in [0.2, 0.25) is 0 Å². The van der Waals surface area contributed by atoms with E-state index >= 15 is 0 Å². The monoisotopic (exact) mass is 258 g/mol. The van der Waals surface area contributed by atoms with Crippen LogP contribution in [0, 0.1) is 0 Å². The second-order valence-electron chi connectivity index (χ2n) is 3.61. The van der Waals surface area contributed by atoms with Crippen molar-refractivity contribution in [1.82, 2.24) is 0 Å². The molecule has 16 heavy (non-hydrogen) atoms. The smallest absolute Gasteiger partial charge is 0.381 e. The molecule has 0 aromatic carbocycles. The predicted octanol–water partition coefficient (Wildman–Crippen LogP) is 3.09. The second kappa shape index (κ2) is 5.07. The number of halogens is 3. The van der Waals surface area contributed by atoms with Crippen LogP contribution < -0.4 is 0 Å². The summed E-state index contributed by atoms with van der Waals surface area (Å²) in [6.07, 6.45) is 5.63. The van der Waals surface area contributed by atoms with E-state index in [9.17, 15) is 21.6 Å². The normalized spacial score (nSPS) is 22.8. The first-order valence-electron chi connectivity index (χ1n) is 5.03. The summed E-state index contributed by atoms with van der Waals surface area (Å²) in [6.45, 7) is 0. The van der Waals surface area contributed by atoms with Gasteiger partial charge in [0.05, 0.1) is 0 Å². The molecule has 0 bridgehead atoms. The molecule has 0 saturated carbocycles. The van der Waals surface area contributed by atoms with E-state index in [0.717, 1.165) is 19.3 Å². The van der Waals surface area contributed by atoms with Gasteiger partial charge in [-0.1, -0.05) is 12.8 Å². The van der Waals surface area contributed by atoms with Crippen molar-refractivity contribution in [3.05, 3.63) is 11.8 Å². The van der Waals surface area contributed by atoms with Gasteiger partial charge in [-0.2, -0.15) is 21.6 Å². The minimum absolute atomic E-state index is 0.0861. The molecular formula is C9H13F3O3S. The zero-order valence-corrected chi connectivity index (χ0v) is 9.40. The van der Waals surface area contributed by atoms with Gasteiger partial charge in [0, 0.05) is 6.42 Å². The maximum atomic E-state index is 12.0. The zero-order valence-electron chi connectivity index (χ0n) is 8.59. The Kier molecular flexibility index (Phi) is 4.23. The summed E-state index contributed by atoms with van der Waals surface area (Å²) < 4.78 is 61.6. The summed E-state index contributed by atoms with van der Waals surface area (Å²) >= 11 is 0. The molecule has 7 heteroatoms. The Morgan fingerprint density at radius 3 is 2.38 bits per heavy atom. The van der Waals surface area contributed by atoms with Crippen molar-refractivity contribution in [3.8, 4) is 0 Å². The average molecular weight is 258 g/mol. The molecule has 0 radical (unpaired) electrons. The largest absolute Gasteiger partial charge is 0.534 e. The molecule has 0 unspecified atom stereocenters. The number of allylic oxidation sites excluding steroid dienone is 2. The lowest BCUT2D eigenvalue weighted by Crippen LogP contribution is -2.25. The van der Waals surface area contributed by atoms with E-state index in [4.69, 9.17) is 0 Å². The summed E-state index contributed by atoms with van der Waals surface area (Å²) in [5.41, 5.74) is -5.35. The summed E-state index contributed by atoms with van der Waals surface area (Å²) in [4.78, 5) is 0. The SMILES string of the molecule is O=S(=O)(O/C1=C\CCCCCC1)C(F)(F)F. The van der Waals surface area contributed by atoms with Crippen molar-refractivity contribution in [2.45, 2.75) is 44.0 Å². The molecular weight excluding hydrogens is 245 g/mol. The van der Waals surface area contributed by atoms with Gasteiger partial charge in [0.2, 0.25) is 0 Å². The molecule has 1 aliphatic carbocycles. The molecule has 0 aliphatic heterocycles. The van der Waals surface area contributed by atoms with Gasteiger partial charge < -0.3 is 4.18 Å². The molecule has 0 N–H and O–H groups in total. The minimum atomic E-state index is -5.49. The molecule has 3 nitrogen and oxygen atoms in total. The number of hydrogen-bond donors (Lipinski definition) is 0. The predicted molar refractivity (Wildman–Crippen MR) is 51.8 cm³/mol. The van der Waals surface area contributed by atoms with Gasteiger partial charge in [0.25, 0.3) is 0 Å². The molecule has 0 saturated heterocycles. The highest BCUT2D eigenvalue weighted by molar-refractivity contribution is 7.87. The third kappa shape index (κ3) is 3.70. The average Bonchev–Trinajstić information content (AvgIpc) is 2.07. The highest BCUT2D eigenvalue weighted by Crippen LogP contribution is 2.28. The van der Waals surface area contributed by atoms with Gasteiger partial charge >= 0.3 is 15.6 Å². The van der Waals surface area contributed by atoms with Crippen LogP contribution in [0.5, 0.6) is 0 Å². The maximum Gasteiger partial charge on any atom is 0.534 e. The van der Waals surface area contributed by atoms with Crippen LogP contribution in [-0.4, -0.2) is 13.9 Å². The number of hydrogen-bond acceptors (Lipinski definition) is 3. The van der Waals surface area contributed by atoms with E-state index in [1.807, 2.05) is 0 Å². The Labute approximate surface area is 92.4 Å².